The molecule has 70 valence electrons. The molecule has 14 heavy (non-hydrogen) atoms. The lowest BCUT2D eigenvalue weighted by atomic mass is 10.2. The van der Waals surface area contributed by atoms with Gasteiger partial charge in [0.15, 0.2) is 0 Å². The van der Waals surface area contributed by atoms with Gasteiger partial charge >= 0.3 is 5.97 Å². The second-order valence-corrected chi connectivity index (χ2v) is 3.14. The number of cyclic esters (lactones) is 1. The number of aliphatic imine (C=N–C) groups is 1. The highest BCUT2D eigenvalue weighted by atomic mass is 35.5. The molecule has 0 fully saturated rings. The molecule has 1 aliphatic rings. The summed E-state index contributed by atoms with van der Waals surface area (Å²) in [5, 5.41) is 0.494. The van der Waals surface area contributed by atoms with E-state index in [9.17, 15) is 4.79 Å². The van der Waals surface area contributed by atoms with E-state index in [1.54, 1.807) is 24.3 Å². The van der Waals surface area contributed by atoms with Gasteiger partial charge in [-0.15, -0.1) is 0 Å². The number of hydrogen-bond acceptors (Lipinski definition) is 3. The zero-order chi connectivity index (χ0) is 10.1. The summed E-state index contributed by atoms with van der Waals surface area (Å²) in [6, 6.07) is 7.01. The van der Waals surface area contributed by atoms with Crippen LogP contribution in [0.5, 0.6) is 0 Å². The molecule has 0 saturated carbocycles. The van der Waals surface area contributed by atoms with Gasteiger partial charge in [-0.2, -0.15) is 0 Å². The van der Waals surface area contributed by atoms with Crippen molar-refractivity contribution in [3.63, 3.8) is 0 Å². The van der Waals surface area contributed by atoms with Gasteiger partial charge in [-0.05, 0) is 12.1 Å². The fraction of sp³-hybridized carbons (Fsp3) is 0. The smallest absolute Gasteiger partial charge is 0.363 e. The van der Waals surface area contributed by atoms with Crippen LogP contribution in [0.4, 0.5) is 0 Å². The molecule has 0 saturated heterocycles. The third-order valence-electron chi connectivity index (χ3n) is 1.77. The van der Waals surface area contributed by atoms with Crippen molar-refractivity contribution >= 4 is 23.5 Å². The first-order chi connectivity index (χ1) is 6.68. The van der Waals surface area contributed by atoms with Gasteiger partial charge in [0.1, 0.15) is 5.70 Å². The van der Waals surface area contributed by atoms with Crippen molar-refractivity contribution in [1.29, 1.82) is 0 Å². The Morgan fingerprint density at radius 3 is 2.64 bits per heavy atom. The van der Waals surface area contributed by atoms with Crippen LogP contribution in [0.25, 0.3) is 0 Å². The lowest BCUT2D eigenvalue weighted by Gasteiger charge is -2.00. The van der Waals surface area contributed by atoms with E-state index >= 15 is 0 Å². The van der Waals surface area contributed by atoms with Gasteiger partial charge in [0, 0.05) is 0 Å². The Bertz CT molecular complexity index is 451. The molecule has 1 aromatic rings. The number of carbonyl (C=O) groups is 1. The van der Waals surface area contributed by atoms with Crippen LogP contribution < -0.4 is 0 Å². The molecule has 1 aliphatic heterocycles. The molecule has 0 amide bonds. The maximum Gasteiger partial charge on any atom is 0.363 e. The summed E-state index contributed by atoms with van der Waals surface area (Å²) in [6.07, 6.45) is 0. The predicted molar refractivity (Wildman–Crippen MR) is 53.2 cm³/mol. The van der Waals surface area contributed by atoms with E-state index in [-0.39, 0.29) is 11.6 Å². The third kappa shape index (κ3) is 1.42. The van der Waals surface area contributed by atoms with E-state index in [0.29, 0.717) is 10.6 Å². The second kappa shape index (κ2) is 3.27. The van der Waals surface area contributed by atoms with E-state index < -0.39 is 5.97 Å². The predicted octanol–water partition coefficient (Wildman–Crippen LogP) is 2.16. The molecule has 4 heteroatoms. The first-order valence-electron chi connectivity index (χ1n) is 3.93. The standard InChI is InChI=1S/C10H6ClNO2/c1-6-10(13)14-9(12-6)7-4-2-3-5-8(7)11/h2-5H,1H2. The summed E-state index contributed by atoms with van der Waals surface area (Å²) in [4.78, 5) is 14.9. The van der Waals surface area contributed by atoms with E-state index in [2.05, 4.69) is 11.6 Å². The van der Waals surface area contributed by atoms with Gasteiger partial charge in [-0.25, -0.2) is 9.79 Å². The molecular weight excluding hydrogens is 202 g/mol. The number of nitrogens with zero attached hydrogens (tertiary/aromatic N) is 1. The van der Waals surface area contributed by atoms with Gasteiger partial charge in [-0.3, -0.25) is 0 Å². The number of carbonyl (C=O) groups excluding carboxylic acids is 1. The van der Waals surface area contributed by atoms with Crippen molar-refractivity contribution in [3.05, 3.63) is 47.1 Å². The fourth-order valence-electron chi connectivity index (χ4n) is 1.09. The minimum atomic E-state index is -0.528. The van der Waals surface area contributed by atoms with Crippen molar-refractivity contribution in [2.24, 2.45) is 4.99 Å². The summed E-state index contributed by atoms with van der Waals surface area (Å²) in [6.45, 7) is 3.44. The Labute approximate surface area is 85.7 Å². The van der Waals surface area contributed by atoms with Crippen LogP contribution in [0, 0.1) is 0 Å². The highest BCUT2D eigenvalue weighted by Crippen LogP contribution is 2.21. The molecule has 0 spiro atoms. The van der Waals surface area contributed by atoms with Crippen LogP contribution in [-0.4, -0.2) is 11.9 Å². The number of hydrogen-bond donors (Lipinski definition) is 0. The number of ether oxygens (including phenoxy) is 1. The van der Waals surface area contributed by atoms with E-state index in [1.165, 1.54) is 0 Å². The van der Waals surface area contributed by atoms with Crippen molar-refractivity contribution in [2.45, 2.75) is 0 Å². The summed E-state index contributed by atoms with van der Waals surface area (Å²) in [7, 11) is 0. The lowest BCUT2D eigenvalue weighted by molar-refractivity contribution is -0.129. The topological polar surface area (TPSA) is 38.7 Å². The van der Waals surface area contributed by atoms with Crippen molar-refractivity contribution in [3.8, 4) is 0 Å². The molecule has 0 N–H and O–H groups in total. The first kappa shape index (κ1) is 8.97. The quantitative estimate of drug-likeness (QED) is 0.523. The Hall–Kier alpha value is -1.61. The zero-order valence-corrected chi connectivity index (χ0v) is 7.91. The number of halogens is 1. The summed E-state index contributed by atoms with van der Waals surface area (Å²) >= 11 is 5.90. The van der Waals surface area contributed by atoms with Crippen LogP contribution in [0.3, 0.4) is 0 Å². The van der Waals surface area contributed by atoms with Crippen molar-refractivity contribution in [2.75, 3.05) is 0 Å². The van der Waals surface area contributed by atoms with Gasteiger partial charge in [0.2, 0.25) is 5.90 Å². The van der Waals surface area contributed by atoms with Crippen LogP contribution in [0.15, 0.2) is 41.5 Å². The average molecular weight is 208 g/mol. The summed E-state index contributed by atoms with van der Waals surface area (Å²) < 4.78 is 4.87. The lowest BCUT2D eigenvalue weighted by Crippen LogP contribution is -2.05. The molecule has 1 heterocycles. The van der Waals surface area contributed by atoms with Gasteiger partial charge < -0.3 is 4.74 Å². The number of rotatable bonds is 1. The molecule has 3 nitrogen and oxygen atoms in total. The fourth-order valence-corrected chi connectivity index (χ4v) is 1.30. The third-order valence-corrected chi connectivity index (χ3v) is 2.10. The molecule has 1 aromatic carbocycles. The molecule has 0 radical (unpaired) electrons. The summed E-state index contributed by atoms with van der Waals surface area (Å²) in [5.74, 6) is -0.314. The minimum absolute atomic E-state index is 0.0971. The number of esters is 1. The van der Waals surface area contributed by atoms with Gasteiger partial charge in [-0.1, -0.05) is 30.3 Å². The van der Waals surface area contributed by atoms with Crippen molar-refractivity contribution < 1.29 is 9.53 Å². The molecule has 2 rings (SSSR count). The molecular formula is C10H6ClNO2. The molecule has 0 atom stereocenters. The van der Waals surface area contributed by atoms with Crippen LogP contribution >= 0.6 is 11.6 Å². The Kier molecular flexibility index (Phi) is 2.09. The molecule has 0 bridgehead atoms. The van der Waals surface area contributed by atoms with Gasteiger partial charge in [0.25, 0.3) is 0 Å². The van der Waals surface area contributed by atoms with E-state index in [0.717, 1.165) is 0 Å². The second-order valence-electron chi connectivity index (χ2n) is 2.73. The normalized spacial score (nSPS) is 15.4. The van der Waals surface area contributed by atoms with Crippen LogP contribution in [0.1, 0.15) is 5.56 Å². The first-order valence-corrected chi connectivity index (χ1v) is 4.31. The minimum Gasteiger partial charge on any atom is -0.402 e. The van der Waals surface area contributed by atoms with E-state index in [4.69, 9.17) is 16.3 Å². The highest BCUT2D eigenvalue weighted by molar-refractivity contribution is 6.34. The zero-order valence-electron chi connectivity index (χ0n) is 7.16. The van der Waals surface area contributed by atoms with Crippen LogP contribution in [0.2, 0.25) is 5.02 Å². The SMILES string of the molecule is C=C1N=C(c2ccccc2Cl)OC1=O. The van der Waals surface area contributed by atoms with Gasteiger partial charge in [0.05, 0.1) is 10.6 Å². The maximum atomic E-state index is 11.0. The van der Waals surface area contributed by atoms with Crippen LogP contribution in [-0.2, 0) is 9.53 Å². The Morgan fingerprint density at radius 2 is 2.07 bits per heavy atom. The summed E-state index contributed by atoms with van der Waals surface area (Å²) in [5.41, 5.74) is 0.695. The average Bonchev–Trinajstić information content (AvgIpc) is 2.48. The highest BCUT2D eigenvalue weighted by Gasteiger charge is 2.23. The molecule has 0 aliphatic carbocycles. The maximum absolute atomic E-state index is 11.0. The molecule has 0 aromatic heterocycles. The van der Waals surface area contributed by atoms with Crippen molar-refractivity contribution in [1.82, 2.24) is 0 Å². The number of benzene rings is 1. The molecule has 0 unspecified atom stereocenters. The Morgan fingerprint density at radius 1 is 1.36 bits per heavy atom. The Balaban J connectivity index is 2.43. The van der Waals surface area contributed by atoms with E-state index in [1.807, 2.05) is 0 Å². The largest absolute Gasteiger partial charge is 0.402 e. The monoisotopic (exact) mass is 207 g/mol.